The van der Waals surface area contributed by atoms with Crippen LogP contribution in [0.1, 0.15) is 23.0 Å². The van der Waals surface area contributed by atoms with Gasteiger partial charge < -0.3 is 10.1 Å². The minimum Gasteiger partial charge on any atom is -0.463 e. The lowest BCUT2D eigenvalue weighted by atomic mass is 10.1. The summed E-state index contributed by atoms with van der Waals surface area (Å²) in [5.74, 6) is -2.81. The van der Waals surface area contributed by atoms with Crippen molar-refractivity contribution in [1.29, 1.82) is 0 Å². The number of ether oxygens (including phenoxy) is 1. The predicted octanol–water partition coefficient (Wildman–Crippen LogP) is 1.82. The molecule has 144 valence electrons. The number of alkyl halides is 3. The van der Waals surface area contributed by atoms with Crippen LogP contribution < -0.4 is 10.6 Å². The van der Waals surface area contributed by atoms with Gasteiger partial charge in [0.15, 0.2) is 0 Å². The zero-order valence-electron chi connectivity index (χ0n) is 14.3. The summed E-state index contributed by atoms with van der Waals surface area (Å²) in [7, 11) is 0. The standard InChI is InChI=1S/C17H17F3N4O3/c1-2-27-15(26)16(17(18,19)20,23-11-13-7-3-4-9-22-13)24-14(25)12-6-5-8-21-10-12/h3-10,23H,2,11H2,1H3,(H,24,25)/t16-/m1/s1. The number of hydrogen-bond acceptors (Lipinski definition) is 6. The number of pyridine rings is 2. The minimum atomic E-state index is -5.19. The maximum absolute atomic E-state index is 13.9. The summed E-state index contributed by atoms with van der Waals surface area (Å²) in [6, 6.07) is 7.30. The number of nitrogens with zero attached hydrogens (tertiary/aromatic N) is 2. The lowest BCUT2D eigenvalue weighted by molar-refractivity contribution is -0.219. The molecule has 0 aliphatic carbocycles. The van der Waals surface area contributed by atoms with E-state index in [1.807, 2.05) is 0 Å². The Bertz CT molecular complexity index is 772. The average molecular weight is 382 g/mol. The van der Waals surface area contributed by atoms with Crippen LogP contribution in [-0.2, 0) is 16.1 Å². The van der Waals surface area contributed by atoms with E-state index >= 15 is 0 Å². The average Bonchev–Trinajstić information content (AvgIpc) is 2.65. The number of carbonyl (C=O) groups excluding carboxylic acids is 2. The first-order chi connectivity index (χ1) is 12.8. The van der Waals surface area contributed by atoms with Gasteiger partial charge in [0.2, 0.25) is 0 Å². The third-order valence-electron chi connectivity index (χ3n) is 3.49. The topological polar surface area (TPSA) is 93.2 Å². The van der Waals surface area contributed by atoms with Crippen LogP contribution in [0.4, 0.5) is 13.2 Å². The molecule has 0 radical (unpaired) electrons. The second-order valence-electron chi connectivity index (χ2n) is 5.34. The van der Waals surface area contributed by atoms with E-state index in [4.69, 9.17) is 0 Å². The SMILES string of the molecule is CCOC(=O)[C@@](NCc1ccccn1)(NC(=O)c1cccnc1)C(F)(F)F. The molecule has 2 heterocycles. The highest BCUT2D eigenvalue weighted by Crippen LogP contribution is 2.30. The summed E-state index contributed by atoms with van der Waals surface area (Å²) >= 11 is 0. The number of hydrogen-bond donors (Lipinski definition) is 2. The predicted molar refractivity (Wildman–Crippen MR) is 88.2 cm³/mol. The summed E-state index contributed by atoms with van der Waals surface area (Å²) in [6.45, 7) is 0.623. The second kappa shape index (κ2) is 8.58. The van der Waals surface area contributed by atoms with E-state index in [1.54, 1.807) is 17.4 Å². The number of halogens is 3. The van der Waals surface area contributed by atoms with Crippen molar-refractivity contribution in [2.24, 2.45) is 0 Å². The van der Waals surface area contributed by atoms with Crippen molar-refractivity contribution in [2.45, 2.75) is 25.3 Å². The van der Waals surface area contributed by atoms with Gasteiger partial charge in [-0.15, -0.1) is 0 Å². The first-order valence-electron chi connectivity index (χ1n) is 7.91. The molecule has 0 saturated carbocycles. The monoisotopic (exact) mass is 382 g/mol. The smallest absolute Gasteiger partial charge is 0.436 e. The minimum absolute atomic E-state index is 0.143. The van der Waals surface area contributed by atoms with Gasteiger partial charge in [0.25, 0.3) is 11.6 Å². The molecule has 0 aliphatic heterocycles. The summed E-state index contributed by atoms with van der Waals surface area (Å²) < 4.78 is 46.3. The zero-order valence-corrected chi connectivity index (χ0v) is 14.3. The largest absolute Gasteiger partial charge is 0.463 e. The molecule has 1 atom stereocenters. The number of rotatable bonds is 7. The Labute approximate surface area is 153 Å². The molecule has 2 N–H and O–H groups in total. The maximum Gasteiger partial charge on any atom is 0.436 e. The van der Waals surface area contributed by atoms with Gasteiger partial charge in [-0.05, 0) is 31.2 Å². The first-order valence-corrected chi connectivity index (χ1v) is 7.91. The maximum atomic E-state index is 13.9. The quantitative estimate of drug-likeness (QED) is 0.561. The summed E-state index contributed by atoms with van der Waals surface area (Å²) in [5, 5.41) is 3.78. The van der Waals surface area contributed by atoms with Crippen molar-refractivity contribution in [3.63, 3.8) is 0 Å². The van der Waals surface area contributed by atoms with Crippen molar-refractivity contribution in [3.05, 3.63) is 60.2 Å². The Morgan fingerprint density at radius 1 is 1.15 bits per heavy atom. The van der Waals surface area contributed by atoms with E-state index in [2.05, 4.69) is 20.0 Å². The number of aromatic nitrogens is 2. The van der Waals surface area contributed by atoms with E-state index in [9.17, 15) is 22.8 Å². The van der Waals surface area contributed by atoms with Crippen molar-refractivity contribution in [2.75, 3.05) is 6.61 Å². The Hall–Kier alpha value is -3.01. The third-order valence-corrected chi connectivity index (χ3v) is 3.49. The van der Waals surface area contributed by atoms with Crippen LogP contribution in [-0.4, -0.2) is 40.3 Å². The lowest BCUT2D eigenvalue weighted by Crippen LogP contribution is -2.72. The number of carbonyl (C=O) groups is 2. The Kier molecular flexibility index (Phi) is 6.45. The summed E-state index contributed by atoms with van der Waals surface area (Å²) in [5.41, 5.74) is -3.35. The molecule has 2 rings (SSSR count). The first kappa shape index (κ1) is 20.3. The molecule has 2 aromatic heterocycles. The molecule has 0 spiro atoms. The van der Waals surface area contributed by atoms with Gasteiger partial charge in [-0.3, -0.25) is 20.1 Å². The molecular weight excluding hydrogens is 365 g/mol. The Morgan fingerprint density at radius 2 is 1.93 bits per heavy atom. The number of nitrogens with one attached hydrogen (secondary N) is 2. The van der Waals surface area contributed by atoms with Gasteiger partial charge in [-0.1, -0.05) is 6.07 Å². The molecule has 27 heavy (non-hydrogen) atoms. The number of esters is 1. The van der Waals surface area contributed by atoms with Gasteiger partial charge in [0.1, 0.15) is 0 Å². The molecule has 10 heteroatoms. The Morgan fingerprint density at radius 3 is 2.48 bits per heavy atom. The fraction of sp³-hybridized carbons (Fsp3) is 0.294. The van der Waals surface area contributed by atoms with Gasteiger partial charge in [0, 0.05) is 25.1 Å². The highest BCUT2D eigenvalue weighted by Gasteiger charge is 2.63. The van der Waals surface area contributed by atoms with Crippen LogP contribution >= 0.6 is 0 Å². The van der Waals surface area contributed by atoms with Crippen molar-refractivity contribution >= 4 is 11.9 Å². The van der Waals surface area contributed by atoms with Crippen LogP contribution in [0.25, 0.3) is 0 Å². The summed E-state index contributed by atoms with van der Waals surface area (Å²) in [4.78, 5) is 32.1. The molecule has 0 bridgehead atoms. The molecule has 0 aromatic carbocycles. The molecule has 0 aliphatic rings. The van der Waals surface area contributed by atoms with Crippen LogP contribution in [0.15, 0.2) is 48.9 Å². The van der Waals surface area contributed by atoms with Crippen LogP contribution in [0.5, 0.6) is 0 Å². The van der Waals surface area contributed by atoms with Gasteiger partial charge >= 0.3 is 12.1 Å². The van der Waals surface area contributed by atoms with Gasteiger partial charge in [0.05, 0.1) is 17.9 Å². The fourth-order valence-electron chi connectivity index (χ4n) is 2.16. The van der Waals surface area contributed by atoms with Crippen LogP contribution in [0.3, 0.4) is 0 Å². The molecule has 0 fully saturated rings. The van der Waals surface area contributed by atoms with Crippen LogP contribution in [0.2, 0.25) is 0 Å². The van der Waals surface area contributed by atoms with Gasteiger partial charge in [-0.25, -0.2) is 4.79 Å². The van der Waals surface area contributed by atoms with E-state index in [0.717, 1.165) is 6.20 Å². The molecule has 0 unspecified atom stereocenters. The van der Waals surface area contributed by atoms with E-state index in [0.29, 0.717) is 0 Å². The molecule has 7 nitrogen and oxygen atoms in total. The van der Waals surface area contributed by atoms with Crippen molar-refractivity contribution < 1.29 is 27.5 Å². The van der Waals surface area contributed by atoms with Gasteiger partial charge in [-0.2, -0.15) is 13.2 Å². The Balaban J connectivity index is 2.37. The van der Waals surface area contributed by atoms with E-state index in [-0.39, 0.29) is 17.9 Å². The molecular formula is C17H17F3N4O3. The van der Waals surface area contributed by atoms with Crippen molar-refractivity contribution in [3.8, 4) is 0 Å². The van der Waals surface area contributed by atoms with Crippen molar-refractivity contribution in [1.82, 2.24) is 20.6 Å². The molecule has 2 aromatic rings. The number of amides is 1. The zero-order chi connectivity index (χ0) is 19.9. The fourth-order valence-corrected chi connectivity index (χ4v) is 2.16. The highest BCUT2D eigenvalue weighted by atomic mass is 19.4. The van der Waals surface area contributed by atoms with E-state index < -0.39 is 30.3 Å². The summed E-state index contributed by atoms with van der Waals surface area (Å²) in [6.07, 6.45) is -1.35. The van der Waals surface area contributed by atoms with E-state index in [1.165, 1.54) is 37.5 Å². The second-order valence-corrected chi connectivity index (χ2v) is 5.34. The van der Waals surface area contributed by atoms with Crippen LogP contribution in [0, 0.1) is 0 Å². The molecule has 1 amide bonds. The lowest BCUT2D eigenvalue weighted by Gasteiger charge is -2.34. The highest BCUT2D eigenvalue weighted by molar-refractivity contribution is 5.98. The third kappa shape index (κ3) is 4.79. The normalized spacial score (nSPS) is 13.5. The molecule has 0 saturated heterocycles.